The molecule has 0 aliphatic heterocycles. The van der Waals surface area contributed by atoms with E-state index in [9.17, 15) is 5.11 Å². The Kier molecular flexibility index (Phi) is 6.25. The molecular formula is C23H28ClNO2. The predicted octanol–water partition coefficient (Wildman–Crippen LogP) is 4.98. The third-order valence-corrected chi connectivity index (χ3v) is 5.66. The first-order valence-corrected chi connectivity index (χ1v) is 9.79. The lowest BCUT2D eigenvalue weighted by molar-refractivity contribution is -0.0174. The maximum Gasteiger partial charge on any atom is 0.118 e. The van der Waals surface area contributed by atoms with Crippen LogP contribution in [-0.2, 0) is 5.60 Å². The third kappa shape index (κ3) is 4.37. The number of halogens is 1. The van der Waals surface area contributed by atoms with E-state index < -0.39 is 5.60 Å². The van der Waals surface area contributed by atoms with Crippen molar-refractivity contribution in [1.29, 1.82) is 0 Å². The molecule has 27 heavy (non-hydrogen) atoms. The Hall–Kier alpha value is -1.81. The molecule has 2 unspecified atom stereocenters. The van der Waals surface area contributed by atoms with Gasteiger partial charge in [-0.05, 0) is 74.3 Å². The monoisotopic (exact) mass is 385 g/mol. The van der Waals surface area contributed by atoms with E-state index in [0.717, 1.165) is 48.3 Å². The quantitative estimate of drug-likeness (QED) is 0.787. The second-order valence-electron chi connectivity index (χ2n) is 7.57. The van der Waals surface area contributed by atoms with Crippen LogP contribution in [0.15, 0.2) is 54.1 Å². The molecule has 1 saturated carbocycles. The Morgan fingerprint density at radius 2 is 1.81 bits per heavy atom. The van der Waals surface area contributed by atoms with E-state index in [0.29, 0.717) is 5.02 Å². The van der Waals surface area contributed by atoms with Crippen molar-refractivity contribution in [2.45, 2.75) is 24.9 Å². The molecule has 1 N–H and O–H groups in total. The average molecular weight is 386 g/mol. The summed E-state index contributed by atoms with van der Waals surface area (Å²) in [7, 11) is 5.78. The van der Waals surface area contributed by atoms with Crippen LogP contribution in [0.1, 0.15) is 30.4 Å². The second kappa shape index (κ2) is 8.47. The van der Waals surface area contributed by atoms with Crippen LogP contribution in [-0.4, -0.2) is 37.8 Å². The minimum Gasteiger partial charge on any atom is -0.497 e. The number of benzene rings is 2. The number of ether oxygens (including phenoxy) is 1. The number of nitrogens with zero attached hydrogens (tertiary/aromatic N) is 1. The van der Waals surface area contributed by atoms with Gasteiger partial charge in [0.25, 0.3) is 0 Å². The summed E-state index contributed by atoms with van der Waals surface area (Å²) in [5.41, 5.74) is 2.06. The molecule has 2 aromatic rings. The number of hydrogen-bond donors (Lipinski definition) is 1. The number of hydrogen-bond acceptors (Lipinski definition) is 3. The molecule has 144 valence electrons. The van der Waals surface area contributed by atoms with E-state index in [4.69, 9.17) is 16.3 Å². The SMILES string of the molecule is COc1ccc(/C=C2\CCCC(CN(C)C)C2(O)c2ccc(Cl)cc2)cc1. The molecule has 0 amide bonds. The summed E-state index contributed by atoms with van der Waals surface area (Å²) < 4.78 is 5.25. The van der Waals surface area contributed by atoms with Gasteiger partial charge in [0.15, 0.2) is 0 Å². The molecule has 2 aromatic carbocycles. The van der Waals surface area contributed by atoms with Gasteiger partial charge in [-0.25, -0.2) is 0 Å². The van der Waals surface area contributed by atoms with Gasteiger partial charge in [-0.15, -0.1) is 0 Å². The van der Waals surface area contributed by atoms with Crippen molar-refractivity contribution in [2.75, 3.05) is 27.7 Å². The standard InChI is InChI=1S/C23H28ClNO2/c1-25(2)16-20-6-4-5-19(15-17-7-13-22(27-3)14-8-17)23(20,26)18-9-11-21(24)12-10-18/h7-15,20,26H,4-6,16H2,1-3H3/b19-15+. The van der Waals surface area contributed by atoms with E-state index in [1.807, 2.05) is 48.5 Å². The molecule has 0 spiro atoms. The average Bonchev–Trinajstić information content (AvgIpc) is 2.66. The first-order chi connectivity index (χ1) is 12.9. The molecule has 2 atom stereocenters. The zero-order valence-electron chi connectivity index (χ0n) is 16.3. The Labute approximate surface area is 167 Å². The van der Waals surface area contributed by atoms with Crippen molar-refractivity contribution in [1.82, 2.24) is 4.90 Å². The summed E-state index contributed by atoms with van der Waals surface area (Å²) in [6.45, 7) is 0.832. The summed E-state index contributed by atoms with van der Waals surface area (Å²) >= 11 is 6.10. The van der Waals surface area contributed by atoms with E-state index in [1.165, 1.54) is 0 Å². The highest BCUT2D eigenvalue weighted by molar-refractivity contribution is 6.30. The topological polar surface area (TPSA) is 32.7 Å². The van der Waals surface area contributed by atoms with E-state index in [1.54, 1.807) is 7.11 Å². The van der Waals surface area contributed by atoms with Gasteiger partial charge in [0.05, 0.1) is 7.11 Å². The van der Waals surface area contributed by atoms with Gasteiger partial charge in [0, 0.05) is 17.5 Å². The minimum absolute atomic E-state index is 0.131. The highest BCUT2D eigenvalue weighted by Gasteiger charge is 2.44. The first-order valence-electron chi connectivity index (χ1n) is 9.41. The van der Waals surface area contributed by atoms with Crippen LogP contribution < -0.4 is 4.74 Å². The normalized spacial score (nSPS) is 24.4. The third-order valence-electron chi connectivity index (χ3n) is 5.41. The van der Waals surface area contributed by atoms with Gasteiger partial charge in [-0.1, -0.05) is 41.9 Å². The van der Waals surface area contributed by atoms with Gasteiger partial charge in [-0.3, -0.25) is 0 Å². The molecular weight excluding hydrogens is 358 g/mol. The van der Waals surface area contributed by atoms with Crippen LogP contribution in [0.5, 0.6) is 5.75 Å². The molecule has 0 heterocycles. The van der Waals surface area contributed by atoms with Crippen molar-refractivity contribution in [3.05, 3.63) is 70.3 Å². The fraction of sp³-hybridized carbons (Fsp3) is 0.391. The highest BCUT2D eigenvalue weighted by Crippen LogP contribution is 2.46. The zero-order chi connectivity index (χ0) is 19.4. The van der Waals surface area contributed by atoms with Crippen molar-refractivity contribution in [2.24, 2.45) is 5.92 Å². The molecule has 0 bridgehead atoms. The van der Waals surface area contributed by atoms with Crippen molar-refractivity contribution in [3.8, 4) is 5.75 Å². The fourth-order valence-electron chi connectivity index (χ4n) is 4.07. The van der Waals surface area contributed by atoms with Crippen LogP contribution in [0.2, 0.25) is 5.02 Å². The largest absolute Gasteiger partial charge is 0.497 e. The summed E-state index contributed by atoms with van der Waals surface area (Å²) in [5.74, 6) is 0.964. The number of aliphatic hydroxyl groups is 1. The van der Waals surface area contributed by atoms with Crippen LogP contribution in [0, 0.1) is 5.92 Å². The smallest absolute Gasteiger partial charge is 0.118 e. The summed E-state index contributed by atoms with van der Waals surface area (Å²) in [6, 6.07) is 15.6. The summed E-state index contributed by atoms with van der Waals surface area (Å²) in [5, 5.41) is 12.7. The minimum atomic E-state index is -0.993. The Morgan fingerprint density at radius 1 is 1.15 bits per heavy atom. The maximum atomic E-state index is 12.0. The molecule has 3 rings (SSSR count). The molecule has 4 heteroatoms. The van der Waals surface area contributed by atoms with E-state index >= 15 is 0 Å². The van der Waals surface area contributed by atoms with E-state index in [-0.39, 0.29) is 5.92 Å². The Bertz CT molecular complexity index is 783. The van der Waals surface area contributed by atoms with Crippen molar-refractivity contribution >= 4 is 17.7 Å². The lowest BCUT2D eigenvalue weighted by Crippen LogP contribution is -2.44. The van der Waals surface area contributed by atoms with Crippen molar-refractivity contribution < 1.29 is 9.84 Å². The van der Waals surface area contributed by atoms with Crippen LogP contribution >= 0.6 is 11.6 Å². The number of methoxy groups -OCH3 is 1. The van der Waals surface area contributed by atoms with Gasteiger partial charge in [0.1, 0.15) is 11.4 Å². The molecule has 0 saturated heterocycles. The molecule has 3 nitrogen and oxygen atoms in total. The maximum absolute atomic E-state index is 12.0. The van der Waals surface area contributed by atoms with Crippen LogP contribution in [0.3, 0.4) is 0 Å². The fourth-order valence-corrected chi connectivity index (χ4v) is 4.20. The molecule has 0 aromatic heterocycles. The second-order valence-corrected chi connectivity index (χ2v) is 8.00. The molecule has 0 radical (unpaired) electrons. The molecule has 1 aliphatic carbocycles. The van der Waals surface area contributed by atoms with Gasteiger partial charge < -0.3 is 14.7 Å². The highest BCUT2D eigenvalue weighted by atomic mass is 35.5. The van der Waals surface area contributed by atoms with Crippen LogP contribution in [0.25, 0.3) is 6.08 Å². The summed E-state index contributed by atoms with van der Waals surface area (Å²) in [6.07, 6.45) is 5.10. The zero-order valence-corrected chi connectivity index (χ0v) is 17.0. The Morgan fingerprint density at radius 3 is 2.41 bits per heavy atom. The van der Waals surface area contributed by atoms with Gasteiger partial charge in [-0.2, -0.15) is 0 Å². The molecule has 1 fully saturated rings. The van der Waals surface area contributed by atoms with E-state index in [2.05, 4.69) is 25.1 Å². The lowest BCUT2D eigenvalue weighted by atomic mass is 9.67. The van der Waals surface area contributed by atoms with Crippen LogP contribution in [0.4, 0.5) is 0 Å². The lowest BCUT2D eigenvalue weighted by Gasteiger charge is -2.44. The Balaban J connectivity index is 2.05. The van der Waals surface area contributed by atoms with Gasteiger partial charge in [0.2, 0.25) is 0 Å². The van der Waals surface area contributed by atoms with Crippen molar-refractivity contribution in [3.63, 3.8) is 0 Å². The first kappa shape index (κ1) is 19.9. The summed E-state index contributed by atoms with van der Waals surface area (Å²) in [4.78, 5) is 2.15. The predicted molar refractivity (Wildman–Crippen MR) is 112 cm³/mol. The number of rotatable bonds is 5. The van der Waals surface area contributed by atoms with Gasteiger partial charge >= 0.3 is 0 Å². The molecule has 1 aliphatic rings.